The van der Waals surface area contributed by atoms with Crippen LogP contribution in [0.3, 0.4) is 0 Å². The summed E-state index contributed by atoms with van der Waals surface area (Å²) < 4.78 is 5.73. The molecule has 2 heterocycles. The number of anilines is 1. The van der Waals surface area contributed by atoms with E-state index in [9.17, 15) is 4.79 Å². The SMILES string of the molecule is Cc1nc(-c2ccsc2)sc1C(=O)Nc1cccc(COCC2CC2)c1. The Balaban J connectivity index is 1.42. The van der Waals surface area contributed by atoms with Gasteiger partial charge in [0.05, 0.1) is 12.3 Å². The molecule has 6 heteroatoms. The number of aryl methyl sites for hydroxylation is 1. The second kappa shape index (κ2) is 7.70. The van der Waals surface area contributed by atoms with Gasteiger partial charge in [-0.1, -0.05) is 12.1 Å². The minimum absolute atomic E-state index is 0.113. The summed E-state index contributed by atoms with van der Waals surface area (Å²) in [6, 6.07) is 9.87. The van der Waals surface area contributed by atoms with E-state index in [0.717, 1.165) is 40.0 Å². The second-order valence-electron chi connectivity index (χ2n) is 6.56. The first-order chi connectivity index (χ1) is 12.7. The minimum atomic E-state index is -0.113. The van der Waals surface area contributed by atoms with Crippen molar-refractivity contribution < 1.29 is 9.53 Å². The lowest BCUT2D eigenvalue weighted by Crippen LogP contribution is -2.11. The van der Waals surface area contributed by atoms with Crippen LogP contribution < -0.4 is 5.32 Å². The highest BCUT2D eigenvalue weighted by atomic mass is 32.1. The molecule has 1 aliphatic carbocycles. The fourth-order valence-electron chi connectivity index (χ4n) is 2.67. The number of ether oxygens (including phenoxy) is 1. The predicted octanol–water partition coefficient (Wildman–Crippen LogP) is 5.36. The summed E-state index contributed by atoms with van der Waals surface area (Å²) in [5.74, 6) is 0.641. The van der Waals surface area contributed by atoms with Crippen LogP contribution in [0.1, 0.15) is 33.8 Å². The Kier molecular flexibility index (Phi) is 5.15. The number of rotatable bonds is 7. The standard InChI is InChI=1S/C20H20N2O2S2/c1-13-18(26-20(21-13)16-7-8-25-12-16)19(23)22-17-4-2-3-15(9-17)11-24-10-14-5-6-14/h2-4,7-9,12,14H,5-6,10-11H2,1H3,(H,22,23). The molecule has 1 amide bonds. The molecule has 0 bridgehead atoms. The molecule has 0 unspecified atom stereocenters. The molecule has 1 fully saturated rings. The highest BCUT2D eigenvalue weighted by Crippen LogP contribution is 2.30. The van der Waals surface area contributed by atoms with E-state index in [-0.39, 0.29) is 5.91 Å². The number of hydrogen-bond acceptors (Lipinski definition) is 5. The van der Waals surface area contributed by atoms with E-state index in [0.29, 0.717) is 11.5 Å². The monoisotopic (exact) mass is 384 g/mol. The van der Waals surface area contributed by atoms with Gasteiger partial charge in [0.15, 0.2) is 0 Å². The number of hydrogen-bond donors (Lipinski definition) is 1. The van der Waals surface area contributed by atoms with E-state index in [1.165, 1.54) is 24.2 Å². The molecule has 1 aliphatic rings. The Morgan fingerprint density at radius 2 is 2.23 bits per heavy atom. The van der Waals surface area contributed by atoms with E-state index >= 15 is 0 Å². The van der Waals surface area contributed by atoms with E-state index < -0.39 is 0 Å². The van der Waals surface area contributed by atoms with Crippen LogP contribution in [0.4, 0.5) is 5.69 Å². The van der Waals surface area contributed by atoms with Crippen LogP contribution in [0.15, 0.2) is 41.1 Å². The predicted molar refractivity (Wildman–Crippen MR) is 107 cm³/mol. The summed E-state index contributed by atoms with van der Waals surface area (Å²) in [6.45, 7) is 3.30. The molecule has 1 aromatic carbocycles. The fourth-order valence-corrected chi connectivity index (χ4v) is 4.34. The van der Waals surface area contributed by atoms with E-state index in [4.69, 9.17) is 4.74 Å². The van der Waals surface area contributed by atoms with Crippen molar-refractivity contribution in [1.29, 1.82) is 0 Å². The number of amides is 1. The van der Waals surface area contributed by atoms with Crippen LogP contribution in [0.2, 0.25) is 0 Å². The number of carbonyl (C=O) groups is 1. The Morgan fingerprint density at radius 3 is 3.00 bits per heavy atom. The van der Waals surface area contributed by atoms with Crippen LogP contribution in [0.5, 0.6) is 0 Å². The normalized spacial score (nSPS) is 13.7. The van der Waals surface area contributed by atoms with Gasteiger partial charge in [-0.25, -0.2) is 4.98 Å². The minimum Gasteiger partial charge on any atom is -0.376 e. The summed E-state index contributed by atoms with van der Waals surface area (Å²) >= 11 is 3.06. The average molecular weight is 385 g/mol. The average Bonchev–Trinajstić information content (AvgIpc) is 3.13. The van der Waals surface area contributed by atoms with Gasteiger partial charge < -0.3 is 10.1 Å². The molecule has 134 valence electrons. The van der Waals surface area contributed by atoms with Crippen LogP contribution in [-0.4, -0.2) is 17.5 Å². The van der Waals surface area contributed by atoms with Crippen molar-refractivity contribution in [1.82, 2.24) is 4.98 Å². The lowest BCUT2D eigenvalue weighted by Gasteiger charge is -2.07. The van der Waals surface area contributed by atoms with E-state index in [1.807, 2.05) is 48.0 Å². The number of carbonyl (C=O) groups excluding carboxylic acids is 1. The number of nitrogens with zero attached hydrogens (tertiary/aromatic N) is 1. The lowest BCUT2D eigenvalue weighted by molar-refractivity contribution is 0.102. The molecule has 0 atom stereocenters. The molecule has 2 aromatic heterocycles. The summed E-state index contributed by atoms with van der Waals surface area (Å²) in [7, 11) is 0. The smallest absolute Gasteiger partial charge is 0.267 e. The third kappa shape index (κ3) is 4.20. The molecular formula is C20H20N2O2S2. The van der Waals surface area contributed by atoms with Crippen molar-refractivity contribution >= 4 is 34.3 Å². The summed E-state index contributed by atoms with van der Waals surface area (Å²) in [4.78, 5) is 17.9. The Morgan fingerprint density at radius 1 is 1.35 bits per heavy atom. The van der Waals surface area contributed by atoms with Crippen LogP contribution in [-0.2, 0) is 11.3 Å². The molecule has 0 radical (unpaired) electrons. The summed E-state index contributed by atoms with van der Waals surface area (Å²) in [5, 5.41) is 7.94. The van der Waals surface area contributed by atoms with Gasteiger partial charge in [-0.3, -0.25) is 4.79 Å². The van der Waals surface area contributed by atoms with Crippen LogP contribution >= 0.6 is 22.7 Å². The first-order valence-electron chi connectivity index (χ1n) is 8.67. The van der Waals surface area contributed by atoms with Gasteiger partial charge in [0.1, 0.15) is 9.88 Å². The van der Waals surface area contributed by atoms with Gasteiger partial charge in [-0.15, -0.1) is 11.3 Å². The van der Waals surface area contributed by atoms with Crippen molar-refractivity contribution in [2.24, 2.45) is 5.92 Å². The molecule has 4 rings (SSSR count). The second-order valence-corrected chi connectivity index (χ2v) is 8.34. The van der Waals surface area contributed by atoms with Gasteiger partial charge >= 0.3 is 0 Å². The molecule has 1 N–H and O–H groups in total. The maximum Gasteiger partial charge on any atom is 0.267 e. The lowest BCUT2D eigenvalue weighted by atomic mass is 10.2. The van der Waals surface area contributed by atoms with Crippen molar-refractivity contribution in [2.45, 2.75) is 26.4 Å². The summed E-state index contributed by atoms with van der Waals surface area (Å²) in [5.41, 5.74) is 3.69. The molecule has 26 heavy (non-hydrogen) atoms. The number of benzene rings is 1. The number of thiazole rings is 1. The number of thiophene rings is 1. The zero-order valence-electron chi connectivity index (χ0n) is 14.5. The quantitative estimate of drug-likeness (QED) is 0.597. The Bertz CT molecular complexity index is 898. The zero-order valence-corrected chi connectivity index (χ0v) is 16.2. The molecule has 0 aliphatic heterocycles. The van der Waals surface area contributed by atoms with E-state index in [2.05, 4.69) is 10.3 Å². The van der Waals surface area contributed by atoms with Gasteiger partial charge in [0, 0.05) is 23.2 Å². The van der Waals surface area contributed by atoms with Crippen molar-refractivity contribution in [2.75, 3.05) is 11.9 Å². The van der Waals surface area contributed by atoms with Gasteiger partial charge in [-0.2, -0.15) is 11.3 Å². The van der Waals surface area contributed by atoms with Gasteiger partial charge in [-0.05, 0) is 54.8 Å². The maximum atomic E-state index is 12.7. The van der Waals surface area contributed by atoms with E-state index in [1.54, 1.807) is 11.3 Å². The highest BCUT2D eigenvalue weighted by molar-refractivity contribution is 7.17. The van der Waals surface area contributed by atoms with Gasteiger partial charge in [0.25, 0.3) is 5.91 Å². The number of aromatic nitrogens is 1. The molecule has 0 spiro atoms. The number of nitrogens with one attached hydrogen (secondary N) is 1. The zero-order chi connectivity index (χ0) is 17.9. The molecule has 1 saturated carbocycles. The van der Waals surface area contributed by atoms with Gasteiger partial charge in [0.2, 0.25) is 0 Å². The van der Waals surface area contributed by atoms with Crippen molar-refractivity contribution in [3.63, 3.8) is 0 Å². The Labute approximate surface area is 160 Å². The first kappa shape index (κ1) is 17.4. The fraction of sp³-hybridized carbons (Fsp3) is 0.300. The molecule has 4 nitrogen and oxygen atoms in total. The largest absolute Gasteiger partial charge is 0.376 e. The summed E-state index contributed by atoms with van der Waals surface area (Å²) in [6.07, 6.45) is 2.58. The topological polar surface area (TPSA) is 51.2 Å². The molecule has 3 aromatic rings. The van der Waals surface area contributed by atoms with Crippen molar-refractivity contribution in [3.8, 4) is 10.6 Å². The highest BCUT2D eigenvalue weighted by Gasteiger charge is 2.21. The van der Waals surface area contributed by atoms with Crippen LogP contribution in [0, 0.1) is 12.8 Å². The molecule has 0 saturated heterocycles. The van der Waals surface area contributed by atoms with Crippen molar-refractivity contribution in [3.05, 3.63) is 57.2 Å². The third-order valence-electron chi connectivity index (χ3n) is 4.28. The van der Waals surface area contributed by atoms with Crippen LogP contribution in [0.25, 0.3) is 10.6 Å². The Hall–Kier alpha value is -2.02. The maximum absolute atomic E-state index is 12.7. The molecular weight excluding hydrogens is 364 g/mol. The third-order valence-corrected chi connectivity index (χ3v) is 6.16. The first-order valence-corrected chi connectivity index (χ1v) is 10.4.